The Morgan fingerprint density at radius 3 is 2.89 bits per heavy atom. The second-order valence-corrected chi connectivity index (χ2v) is 8.94. The standard InChI is InChI=1S/C26H23N7O4/c34-21-13-37-20-4-3-15(10-18(20)32-21)11-29-25(35)24-23-22(30-14-31-24)17(12-28-23)26(36)33-9-1-2-19(33)16-5-7-27-8-6-16/h3-8,10,12,14,19,28H,1-2,9,11,13H2,(H,29,35)(H,32,34). The lowest BCUT2D eigenvalue weighted by atomic mass is 10.1. The van der Waals surface area contributed by atoms with Crippen molar-refractivity contribution in [3.63, 3.8) is 0 Å². The van der Waals surface area contributed by atoms with Crippen molar-refractivity contribution >= 4 is 34.4 Å². The minimum absolute atomic E-state index is 0.0183. The minimum atomic E-state index is -0.415. The van der Waals surface area contributed by atoms with Crippen molar-refractivity contribution in [2.45, 2.75) is 25.4 Å². The van der Waals surface area contributed by atoms with Crippen LogP contribution in [0.2, 0.25) is 0 Å². The number of ether oxygens (including phenoxy) is 1. The van der Waals surface area contributed by atoms with Crippen molar-refractivity contribution in [1.82, 2.24) is 30.2 Å². The Labute approximate surface area is 211 Å². The lowest BCUT2D eigenvalue weighted by Crippen LogP contribution is -2.30. The fraction of sp³-hybridized carbons (Fsp3) is 0.231. The maximum absolute atomic E-state index is 13.5. The summed E-state index contributed by atoms with van der Waals surface area (Å²) in [6.07, 6.45) is 8.12. The molecule has 1 saturated heterocycles. The smallest absolute Gasteiger partial charge is 0.272 e. The van der Waals surface area contributed by atoms with Gasteiger partial charge in [0.1, 0.15) is 17.6 Å². The second kappa shape index (κ2) is 9.34. The van der Waals surface area contributed by atoms with Gasteiger partial charge >= 0.3 is 0 Å². The summed E-state index contributed by atoms with van der Waals surface area (Å²) in [5.41, 5.74) is 3.73. The molecular weight excluding hydrogens is 474 g/mol. The molecule has 4 aromatic rings. The molecule has 0 saturated carbocycles. The van der Waals surface area contributed by atoms with Gasteiger partial charge in [-0.3, -0.25) is 19.4 Å². The molecule has 1 aromatic carbocycles. The first kappa shape index (κ1) is 22.7. The van der Waals surface area contributed by atoms with E-state index in [1.807, 2.05) is 23.1 Å². The van der Waals surface area contributed by atoms with Crippen LogP contribution in [0, 0.1) is 0 Å². The van der Waals surface area contributed by atoms with Crippen molar-refractivity contribution in [3.8, 4) is 5.75 Å². The molecular formula is C26H23N7O4. The summed E-state index contributed by atoms with van der Waals surface area (Å²) in [5, 5.41) is 5.60. The molecule has 11 nitrogen and oxygen atoms in total. The number of benzene rings is 1. The molecule has 3 N–H and O–H groups in total. The number of carbonyl (C=O) groups excluding carboxylic acids is 3. The van der Waals surface area contributed by atoms with Gasteiger partial charge in [0.05, 0.1) is 22.8 Å². The van der Waals surface area contributed by atoms with E-state index in [1.165, 1.54) is 6.33 Å². The van der Waals surface area contributed by atoms with Crippen LogP contribution in [0.5, 0.6) is 5.75 Å². The number of nitrogens with one attached hydrogen (secondary N) is 3. The van der Waals surface area contributed by atoms with Gasteiger partial charge in [0.2, 0.25) is 0 Å². The number of aromatic nitrogens is 4. The van der Waals surface area contributed by atoms with E-state index < -0.39 is 5.91 Å². The van der Waals surface area contributed by atoms with Crippen LogP contribution in [0.25, 0.3) is 11.0 Å². The van der Waals surface area contributed by atoms with E-state index in [2.05, 4.69) is 30.6 Å². The molecule has 1 unspecified atom stereocenters. The molecule has 3 aromatic heterocycles. The molecule has 1 atom stereocenters. The summed E-state index contributed by atoms with van der Waals surface area (Å²) < 4.78 is 5.37. The molecule has 0 aliphatic carbocycles. The Morgan fingerprint density at radius 2 is 2.03 bits per heavy atom. The third-order valence-corrected chi connectivity index (χ3v) is 6.64. The number of aromatic amines is 1. The first-order valence-corrected chi connectivity index (χ1v) is 12.0. The molecule has 0 radical (unpaired) electrons. The van der Waals surface area contributed by atoms with Crippen LogP contribution in [0.15, 0.2) is 55.2 Å². The molecule has 37 heavy (non-hydrogen) atoms. The van der Waals surface area contributed by atoms with Crippen molar-refractivity contribution < 1.29 is 19.1 Å². The van der Waals surface area contributed by atoms with Crippen LogP contribution in [-0.4, -0.2) is 55.7 Å². The van der Waals surface area contributed by atoms with Crippen LogP contribution >= 0.6 is 0 Å². The fourth-order valence-electron chi connectivity index (χ4n) is 4.88. The molecule has 6 rings (SSSR count). The van der Waals surface area contributed by atoms with Gasteiger partial charge in [0.25, 0.3) is 17.7 Å². The van der Waals surface area contributed by atoms with Crippen LogP contribution in [-0.2, 0) is 11.3 Å². The van der Waals surface area contributed by atoms with E-state index in [9.17, 15) is 14.4 Å². The van der Waals surface area contributed by atoms with Gasteiger partial charge in [-0.15, -0.1) is 0 Å². The zero-order valence-corrected chi connectivity index (χ0v) is 19.7. The quantitative estimate of drug-likeness (QED) is 0.385. The van der Waals surface area contributed by atoms with Crippen molar-refractivity contribution in [2.75, 3.05) is 18.5 Å². The minimum Gasteiger partial charge on any atom is -0.482 e. The van der Waals surface area contributed by atoms with Crippen molar-refractivity contribution in [1.29, 1.82) is 0 Å². The molecule has 5 heterocycles. The van der Waals surface area contributed by atoms with Gasteiger partial charge in [-0.05, 0) is 48.2 Å². The number of nitrogens with zero attached hydrogens (tertiary/aromatic N) is 4. The number of fused-ring (bicyclic) bond motifs is 2. The Morgan fingerprint density at radius 1 is 1.16 bits per heavy atom. The Bertz CT molecular complexity index is 1520. The highest BCUT2D eigenvalue weighted by Crippen LogP contribution is 2.34. The van der Waals surface area contributed by atoms with E-state index in [1.54, 1.807) is 30.7 Å². The number of likely N-dealkylation sites (tertiary alicyclic amines) is 1. The third kappa shape index (κ3) is 4.24. The zero-order chi connectivity index (χ0) is 25.4. The van der Waals surface area contributed by atoms with E-state index >= 15 is 0 Å². The summed E-state index contributed by atoms with van der Waals surface area (Å²) in [7, 11) is 0. The highest BCUT2D eigenvalue weighted by Gasteiger charge is 2.32. The van der Waals surface area contributed by atoms with Gasteiger partial charge in [-0.2, -0.15) is 0 Å². The van der Waals surface area contributed by atoms with Crippen molar-refractivity contribution in [2.24, 2.45) is 0 Å². The molecule has 2 aliphatic rings. The highest BCUT2D eigenvalue weighted by molar-refractivity contribution is 6.10. The lowest BCUT2D eigenvalue weighted by Gasteiger charge is -2.24. The summed E-state index contributed by atoms with van der Waals surface area (Å²) in [6, 6.07) is 9.14. The maximum atomic E-state index is 13.5. The van der Waals surface area contributed by atoms with Crippen molar-refractivity contribution in [3.05, 3.63) is 77.6 Å². The van der Waals surface area contributed by atoms with Crippen LogP contribution in [0.3, 0.4) is 0 Å². The Hall–Kier alpha value is -4.80. The number of hydrogen-bond acceptors (Lipinski definition) is 7. The normalized spacial score (nSPS) is 16.7. The summed E-state index contributed by atoms with van der Waals surface area (Å²) >= 11 is 0. The van der Waals surface area contributed by atoms with E-state index in [-0.39, 0.29) is 36.7 Å². The average Bonchev–Trinajstić information content (AvgIpc) is 3.59. The monoisotopic (exact) mass is 497 g/mol. The number of amides is 3. The SMILES string of the molecule is O=C1COc2ccc(CNC(=O)c3ncnc4c(C(=O)N5CCCC5c5ccncc5)c[nH]c34)cc2N1. The Balaban J connectivity index is 1.21. The lowest BCUT2D eigenvalue weighted by molar-refractivity contribution is -0.118. The summed E-state index contributed by atoms with van der Waals surface area (Å²) in [6.45, 7) is 0.833. The number of H-pyrrole nitrogens is 1. The summed E-state index contributed by atoms with van der Waals surface area (Å²) in [5.74, 6) is -0.203. The molecule has 1 fully saturated rings. The number of carbonyl (C=O) groups is 3. The van der Waals surface area contributed by atoms with Gasteiger partial charge in [-0.1, -0.05) is 6.07 Å². The molecule has 0 spiro atoms. The van der Waals surface area contributed by atoms with E-state index in [0.717, 1.165) is 24.0 Å². The van der Waals surface area contributed by atoms with Gasteiger partial charge in [0, 0.05) is 31.7 Å². The number of pyridine rings is 1. The second-order valence-electron chi connectivity index (χ2n) is 8.94. The van der Waals surface area contributed by atoms with E-state index in [0.29, 0.717) is 34.6 Å². The first-order chi connectivity index (χ1) is 18.1. The molecule has 2 aliphatic heterocycles. The topological polar surface area (TPSA) is 142 Å². The third-order valence-electron chi connectivity index (χ3n) is 6.64. The predicted molar refractivity (Wildman–Crippen MR) is 133 cm³/mol. The van der Waals surface area contributed by atoms with Gasteiger partial charge in [0.15, 0.2) is 12.3 Å². The molecule has 11 heteroatoms. The zero-order valence-electron chi connectivity index (χ0n) is 19.7. The fourth-order valence-corrected chi connectivity index (χ4v) is 4.88. The van der Waals surface area contributed by atoms with Crippen LogP contribution in [0.4, 0.5) is 5.69 Å². The average molecular weight is 498 g/mol. The highest BCUT2D eigenvalue weighted by atomic mass is 16.5. The Kier molecular flexibility index (Phi) is 5.72. The molecule has 186 valence electrons. The number of rotatable bonds is 5. The van der Waals surface area contributed by atoms with E-state index in [4.69, 9.17) is 4.74 Å². The van der Waals surface area contributed by atoms with Crippen LogP contribution in [0.1, 0.15) is 50.9 Å². The van der Waals surface area contributed by atoms with Crippen LogP contribution < -0.4 is 15.4 Å². The number of anilines is 1. The summed E-state index contributed by atoms with van der Waals surface area (Å²) in [4.78, 5) is 55.6. The number of hydrogen-bond donors (Lipinski definition) is 3. The van der Waals surface area contributed by atoms with Gasteiger partial charge in [-0.25, -0.2) is 9.97 Å². The first-order valence-electron chi connectivity index (χ1n) is 12.0. The van der Waals surface area contributed by atoms with Gasteiger partial charge < -0.3 is 25.3 Å². The maximum Gasteiger partial charge on any atom is 0.272 e. The largest absolute Gasteiger partial charge is 0.482 e. The predicted octanol–water partition coefficient (Wildman–Crippen LogP) is 2.59. The molecule has 0 bridgehead atoms. The molecule has 3 amide bonds.